The van der Waals surface area contributed by atoms with Crippen molar-refractivity contribution < 1.29 is 9.13 Å². The van der Waals surface area contributed by atoms with Gasteiger partial charge in [-0.05, 0) is 36.8 Å². The Kier molecular flexibility index (Phi) is 4.27. The van der Waals surface area contributed by atoms with Gasteiger partial charge < -0.3 is 10.1 Å². The average molecular weight is 280 g/mol. The van der Waals surface area contributed by atoms with Crippen LogP contribution in [0.1, 0.15) is 11.1 Å². The minimum atomic E-state index is -0.313. The molecule has 2 aromatic carbocycles. The molecular formula is C15H15ClFNO. The third-order valence-corrected chi connectivity index (χ3v) is 3.07. The minimum absolute atomic E-state index is 0.313. The molecule has 100 valence electrons. The highest BCUT2D eigenvalue weighted by Gasteiger charge is 2.06. The lowest BCUT2D eigenvalue weighted by Gasteiger charge is -2.12. The molecule has 0 spiro atoms. The maximum atomic E-state index is 13.7. The molecule has 0 radical (unpaired) electrons. The number of nitrogens with one attached hydrogen (secondary N) is 1. The summed E-state index contributed by atoms with van der Waals surface area (Å²) in [6.45, 7) is 2.37. The maximum absolute atomic E-state index is 13.7. The van der Waals surface area contributed by atoms with E-state index in [4.69, 9.17) is 16.3 Å². The summed E-state index contributed by atoms with van der Waals surface area (Å²) < 4.78 is 18.9. The number of hydrogen-bond donors (Lipinski definition) is 1. The first-order valence-corrected chi connectivity index (χ1v) is 6.30. The molecule has 0 aliphatic carbocycles. The van der Waals surface area contributed by atoms with E-state index in [1.165, 1.54) is 6.07 Å². The predicted molar refractivity (Wildman–Crippen MR) is 76.5 cm³/mol. The molecule has 0 aromatic heterocycles. The highest BCUT2D eigenvalue weighted by molar-refractivity contribution is 6.30. The lowest BCUT2D eigenvalue weighted by atomic mass is 10.1. The molecule has 1 N–H and O–H groups in total. The molecule has 0 heterocycles. The van der Waals surface area contributed by atoms with Gasteiger partial charge in [-0.15, -0.1) is 0 Å². The molecule has 0 saturated carbocycles. The van der Waals surface area contributed by atoms with E-state index in [0.29, 0.717) is 17.1 Å². The summed E-state index contributed by atoms with van der Waals surface area (Å²) in [4.78, 5) is 0. The summed E-state index contributed by atoms with van der Waals surface area (Å²) in [7, 11) is 1.61. The normalized spacial score (nSPS) is 10.3. The molecule has 4 heteroatoms. The van der Waals surface area contributed by atoms with Crippen molar-refractivity contribution in [1.82, 2.24) is 0 Å². The molecule has 0 aliphatic heterocycles. The van der Waals surface area contributed by atoms with E-state index in [-0.39, 0.29) is 5.82 Å². The number of methoxy groups -OCH3 is 1. The fourth-order valence-electron chi connectivity index (χ4n) is 1.82. The van der Waals surface area contributed by atoms with Gasteiger partial charge in [-0.25, -0.2) is 4.39 Å². The van der Waals surface area contributed by atoms with Gasteiger partial charge in [-0.1, -0.05) is 23.7 Å². The van der Waals surface area contributed by atoms with Gasteiger partial charge in [0.2, 0.25) is 0 Å². The van der Waals surface area contributed by atoms with Crippen LogP contribution in [0.15, 0.2) is 36.4 Å². The molecule has 0 aliphatic rings. The van der Waals surface area contributed by atoms with E-state index in [2.05, 4.69) is 5.32 Å². The molecule has 0 atom stereocenters. The van der Waals surface area contributed by atoms with E-state index < -0.39 is 0 Å². The Labute approximate surface area is 117 Å². The van der Waals surface area contributed by atoms with Gasteiger partial charge >= 0.3 is 0 Å². The highest BCUT2D eigenvalue weighted by Crippen LogP contribution is 2.26. The van der Waals surface area contributed by atoms with Crippen molar-refractivity contribution in [3.8, 4) is 5.75 Å². The number of ether oxygens (including phenoxy) is 1. The zero-order chi connectivity index (χ0) is 13.8. The molecule has 0 unspecified atom stereocenters. The molecule has 2 nitrogen and oxygen atoms in total. The number of aryl methyl sites for hydroxylation is 1. The third kappa shape index (κ3) is 3.38. The van der Waals surface area contributed by atoms with Gasteiger partial charge in [-0.2, -0.15) is 0 Å². The van der Waals surface area contributed by atoms with Crippen LogP contribution in [0.5, 0.6) is 5.75 Å². The second-order valence-electron chi connectivity index (χ2n) is 4.29. The first kappa shape index (κ1) is 13.7. The van der Waals surface area contributed by atoms with Crippen LogP contribution in [0.2, 0.25) is 5.02 Å². The van der Waals surface area contributed by atoms with E-state index in [0.717, 1.165) is 17.0 Å². The van der Waals surface area contributed by atoms with Crippen molar-refractivity contribution in [1.29, 1.82) is 0 Å². The summed E-state index contributed by atoms with van der Waals surface area (Å²) in [5.74, 6) is 0.423. The van der Waals surface area contributed by atoms with E-state index in [1.54, 1.807) is 19.2 Å². The third-order valence-electron chi connectivity index (χ3n) is 2.84. The molecule has 0 amide bonds. The fraction of sp³-hybridized carbons (Fsp3) is 0.200. The minimum Gasteiger partial charge on any atom is -0.495 e. The van der Waals surface area contributed by atoms with Crippen LogP contribution >= 0.6 is 11.6 Å². The van der Waals surface area contributed by atoms with Gasteiger partial charge in [0.1, 0.15) is 11.6 Å². The van der Waals surface area contributed by atoms with E-state index in [1.807, 2.05) is 25.1 Å². The Morgan fingerprint density at radius 1 is 1.21 bits per heavy atom. The fourth-order valence-corrected chi connectivity index (χ4v) is 1.97. The number of halogens is 2. The standard InChI is InChI=1S/C15H15ClFNO/c1-10-3-6-15(19-2)14(7-10)18-9-11-4-5-12(16)8-13(11)17/h3-8,18H,9H2,1-2H3. The zero-order valence-corrected chi connectivity index (χ0v) is 11.6. The Balaban J connectivity index is 2.16. The molecule has 2 aromatic rings. The summed E-state index contributed by atoms with van der Waals surface area (Å²) in [5.41, 5.74) is 2.52. The van der Waals surface area contributed by atoms with E-state index >= 15 is 0 Å². The lowest BCUT2D eigenvalue weighted by molar-refractivity contribution is 0.416. The first-order chi connectivity index (χ1) is 9.10. The van der Waals surface area contributed by atoms with Crippen LogP contribution in [0.3, 0.4) is 0 Å². The number of hydrogen-bond acceptors (Lipinski definition) is 2. The van der Waals surface area contributed by atoms with Crippen LogP contribution in [-0.2, 0) is 6.54 Å². The van der Waals surface area contributed by atoms with Crippen LogP contribution in [0.25, 0.3) is 0 Å². The summed E-state index contributed by atoms with van der Waals surface area (Å²) in [6, 6.07) is 10.5. The van der Waals surface area contributed by atoms with Gasteiger partial charge in [0.05, 0.1) is 12.8 Å². The van der Waals surface area contributed by atoms with Crippen molar-refractivity contribution in [2.75, 3.05) is 12.4 Å². The van der Waals surface area contributed by atoms with Crippen molar-refractivity contribution in [3.63, 3.8) is 0 Å². The van der Waals surface area contributed by atoms with Gasteiger partial charge in [-0.3, -0.25) is 0 Å². The first-order valence-electron chi connectivity index (χ1n) is 5.92. The number of anilines is 1. The molecule has 2 rings (SSSR count). The van der Waals surface area contributed by atoms with Gasteiger partial charge in [0.25, 0.3) is 0 Å². The van der Waals surface area contributed by atoms with Crippen LogP contribution in [0.4, 0.5) is 10.1 Å². The molecule has 0 saturated heterocycles. The van der Waals surface area contributed by atoms with Crippen LogP contribution in [0, 0.1) is 12.7 Å². The Hall–Kier alpha value is -1.74. The summed E-state index contributed by atoms with van der Waals surface area (Å²) >= 11 is 5.72. The van der Waals surface area contributed by atoms with Gasteiger partial charge in [0.15, 0.2) is 0 Å². The Morgan fingerprint density at radius 3 is 2.68 bits per heavy atom. The second-order valence-corrected chi connectivity index (χ2v) is 4.73. The van der Waals surface area contributed by atoms with Crippen LogP contribution in [-0.4, -0.2) is 7.11 Å². The summed E-state index contributed by atoms with van der Waals surface area (Å²) in [5, 5.41) is 3.57. The summed E-state index contributed by atoms with van der Waals surface area (Å²) in [6.07, 6.45) is 0. The van der Waals surface area contributed by atoms with Crippen molar-refractivity contribution >= 4 is 17.3 Å². The lowest BCUT2D eigenvalue weighted by Crippen LogP contribution is -2.03. The van der Waals surface area contributed by atoms with Crippen molar-refractivity contribution in [3.05, 3.63) is 58.4 Å². The second kappa shape index (κ2) is 5.93. The largest absolute Gasteiger partial charge is 0.495 e. The van der Waals surface area contributed by atoms with Crippen molar-refractivity contribution in [2.24, 2.45) is 0 Å². The van der Waals surface area contributed by atoms with Crippen molar-refractivity contribution in [2.45, 2.75) is 13.5 Å². The van der Waals surface area contributed by atoms with Crippen LogP contribution < -0.4 is 10.1 Å². The zero-order valence-electron chi connectivity index (χ0n) is 10.8. The monoisotopic (exact) mass is 279 g/mol. The highest BCUT2D eigenvalue weighted by atomic mass is 35.5. The topological polar surface area (TPSA) is 21.3 Å². The molecule has 0 fully saturated rings. The number of rotatable bonds is 4. The molecule has 19 heavy (non-hydrogen) atoms. The average Bonchev–Trinajstić information content (AvgIpc) is 2.38. The maximum Gasteiger partial charge on any atom is 0.141 e. The molecular weight excluding hydrogens is 265 g/mol. The van der Waals surface area contributed by atoms with E-state index in [9.17, 15) is 4.39 Å². The number of benzene rings is 2. The Bertz CT molecular complexity index is 586. The van der Waals surface area contributed by atoms with Gasteiger partial charge in [0, 0.05) is 17.1 Å². The smallest absolute Gasteiger partial charge is 0.141 e. The quantitative estimate of drug-likeness (QED) is 0.895. The predicted octanol–water partition coefficient (Wildman–Crippen LogP) is 4.41. The SMILES string of the molecule is COc1ccc(C)cc1NCc1ccc(Cl)cc1F. The molecule has 0 bridgehead atoms. The Morgan fingerprint density at radius 2 is 2.00 bits per heavy atom.